The first kappa shape index (κ1) is 9.22. The fraction of sp³-hybridized carbons (Fsp3) is 0.455. The molecule has 1 aliphatic rings. The summed E-state index contributed by atoms with van der Waals surface area (Å²) in [7, 11) is 0. The molecule has 1 unspecified atom stereocenters. The molecule has 2 N–H and O–H groups in total. The highest BCUT2D eigenvalue weighted by Gasteiger charge is 2.19. The minimum absolute atomic E-state index is 0.584. The van der Waals surface area contributed by atoms with Crippen LogP contribution in [0.25, 0.3) is 0 Å². The fourth-order valence-electron chi connectivity index (χ4n) is 2.15. The molecule has 1 aromatic rings. The Morgan fingerprint density at radius 3 is 3.08 bits per heavy atom. The van der Waals surface area contributed by atoms with Gasteiger partial charge < -0.3 is 5.73 Å². The van der Waals surface area contributed by atoms with Crippen molar-refractivity contribution in [3.05, 3.63) is 33.8 Å². The van der Waals surface area contributed by atoms with Crippen LogP contribution in [-0.4, -0.2) is 6.54 Å². The zero-order chi connectivity index (χ0) is 9.26. The van der Waals surface area contributed by atoms with Crippen LogP contribution < -0.4 is 5.73 Å². The Balaban J connectivity index is 2.45. The number of halogens is 1. The fourth-order valence-corrected chi connectivity index (χ4v) is 2.73. The first-order valence-electron chi connectivity index (χ1n) is 4.80. The number of hydrogen-bond donors (Lipinski definition) is 1. The summed E-state index contributed by atoms with van der Waals surface area (Å²) in [5.41, 5.74) is 8.69. The van der Waals surface area contributed by atoms with Gasteiger partial charge in [0.2, 0.25) is 0 Å². The van der Waals surface area contributed by atoms with E-state index in [0.717, 1.165) is 6.54 Å². The molecule has 0 heterocycles. The number of rotatable bonds is 1. The molecule has 1 aliphatic carbocycles. The van der Waals surface area contributed by atoms with Crippen LogP contribution in [0.3, 0.4) is 0 Å². The third kappa shape index (κ3) is 1.65. The predicted octanol–water partition coefficient (Wildman–Crippen LogP) is 2.83. The smallest absolute Gasteiger partial charge is 0.0210 e. The van der Waals surface area contributed by atoms with Gasteiger partial charge in [-0.1, -0.05) is 28.1 Å². The Morgan fingerprint density at radius 2 is 2.31 bits per heavy atom. The zero-order valence-corrected chi connectivity index (χ0v) is 9.18. The molecule has 0 saturated heterocycles. The van der Waals surface area contributed by atoms with Gasteiger partial charge in [-0.15, -0.1) is 0 Å². The summed E-state index contributed by atoms with van der Waals surface area (Å²) in [5, 5.41) is 0. The van der Waals surface area contributed by atoms with Crippen LogP contribution in [0.15, 0.2) is 22.7 Å². The third-order valence-electron chi connectivity index (χ3n) is 2.86. The van der Waals surface area contributed by atoms with Gasteiger partial charge in [-0.05, 0) is 48.9 Å². The Hall–Kier alpha value is -0.340. The maximum Gasteiger partial charge on any atom is 0.0210 e. The van der Waals surface area contributed by atoms with E-state index in [1.54, 1.807) is 0 Å². The van der Waals surface area contributed by atoms with Gasteiger partial charge in [-0.25, -0.2) is 0 Å². The van der Waals surface area contributed by atoms with Gasteiger partial charge >= 0.3 is 0 Å². The van der Waals surface area contributed by atoms with Gasteiger partial charge in [0.25, 0.3) is 0 Å². The van der Waals surface area contributed by atoms with E-state index in [-0.39, 0.29) is 0 Å². The highest BCUT2D eigenvalue weighted by molar-refractivity contribution is 9.10. The zero-order valence-electron chi connectivity index (χ0n) is 7.59. The molecule has 70 valence electrons. The van der Waals surface area contributed by atoms with Crippen LogP contribution in [0.2, 0.25) is 0 Å². The van der Waals surface area contributed by atoms with E-state index in [4.69, 9.17) is 5.73 Å². The second-order valence-electron chi connectivity index (χ2n) is 3.63. The molecule has 1 atom stereocenters. The summed E-state index contributed by atoms with van der Waals surface area (Å²) in [6.07, 6.45) is 3.73. The van der Waals surface area contributed by atoms with Crippen molar-refractivity contribution < 1.29 is 0 Å². The molecule has 0 aromatic heterocycles. The van der Waals surface area contributed by atoms with E-state index in [0.29, 0.717) is 5.92 Å². The lowest BCUT2D eigenvalue weighted by molar-refractivity contribution is 0.559. The monoisotopic (exact) mass is 239 g/mol. The summed E-state index contributed by atoms with van der Waals surface area (Å²) in [5.74, 6) is 0.584. The van der Waals surface area contributed by atoms with Crippen molar-refractivity contribution in [2.45, 2.75) is 25.2 Å². The summed E-state index contributed by atoms with van der Waals surface area (Å²) >= 11 is 3.60. The molecule has 13 heavy (non-hydrogen) atoms. The molecule has 0 fully saturated rings. The van der Waals surface area contributed by atoms with Crippen LogP contribution in [0.4, 0.5) is 0 Å². The average Bonchev–Trinajstić information content (AvgIpc) is 2.18. The Bertz CT molecular complexity index is 309. The number of hydrogen-bond acceptors (Lipinski definition) is 1. The van der Waals surface area contributed by atoms with Crippen molar-refractivity contribution in [3.8, 4) is 0 Å². The second kappa shape index (κ2) is 3.81. The molecule has 0 spiro atoms. The van der Waals surface area contributed by atoms with Crippen molar-refractivity contribution in [3.63, 3.8) is 0 Å². The minimum atomic E-state index is 0.584. The topological polar surface area (TPSA) is 26.0 Å². The molecule has 0 bridgehead atoms. The Labute approximate surface area is 87.5 Å². The molecule has 0 radical (unpaired) electrons. The van der Waals surface area contributed by atoms with Crippen LogP contribution in [0.5, 0.6) is 0 Å². The number of benzene rings is 1. The van der Waals surface area contributed by atoms with Crippen LogP contribution in [-0.2, 0) is 6.42 Å². The van der Waals surface area contributed by atoms with Gasteiger partial charge in [-0.3, -0.25) is 0 Å². The van der Waals surface area contributed by atoms with Gasteiger partial charge in [-0.2, -0.15) is 0 Å². The quantitative estimate of drug-likeness (QED) is 0.802. The highest BCUT2D eigenvalue weighted by atomic mass is 79.9. The van der Waals surface area contributed by atoms with E-state index in [2.05, 4.69) is 34.1 Å². The van der Waals surface area contributed by atoms with Gasteiger partial charge in [0, 0.05) is 4.47 Å². The molecule has 1 aromatic carbocycles. The largest absolute Gasteiger partial charge is 0.330 e. The van der Waals surface area contributed by atoms with Gasteiger partial charge in [0.1, 0.15) is 0 Å². The molecule has 1 nitrogen and oxygen atoms in total. The average molecular weight is 240 g/mol. The third-order valence-corrected chi connectivity index (χ3v) is 3.60. The maximum absolute atomic E-state index is 5.75. The van der Waals surface area contributed by atoms with E-state index in [9.17, 15) is 0 Å². The maximum atomic E-state index is 5.75. The number of fused-ring (bicyclic) bond motifs is 1. The Morgan fingerprint density at radius 1 is 1.46 bits per heavy atom. The molecule has 2 rings (SSSR count). The summed E-state index contributed by atoms with van der Waals surface area (Å²) in [4.78, 5) is 0. The lowest BCUT2D eigenvalue weighted by atomic mass is 9.83. The number of nitrogens with two attached hydrogens (primary N) is 1. The SMILES string of the molecule is NCC1CCCc2c(Br)cccc21. The predicted molar refractivity (Wildman–Crippen MR) is 58.9 cm³/mol. The normalized spacial score (nSPS) is 21.2. The summed E-state index contributed by atoms with van der Waals surface area (Å²) in [6.45, 7) is 0.781. The first-order chi connectivity index (χ1) is 6.33. The Kier molecular flexibility index (Phi) is 2.70. The molecular weight excluding hydrogens is 226 g/mol. The standard InChI is InChI=1S/C11H14BrN/c12-11-6-2-4-9-8(7-13)3-1-5-10(9)11/h2,4,6,8H,1,3,5,7,13H2. The summed E-state index contributed by atoms with van der Waals surface area (Å²) in [6, 6.07) is 6.45. The van der Waals surface area contributed by atoms with E-state index in [1.165, 1.54) is 34.9 Å². The summed E-state index contributed by atoms with van der Waals surface area (Å²) < 4.78 is 1.25. The van der Waals surface area contributed by atoms with Crippen molar-refractivity contribution in [1.29, 1.82) is 0 Å². The second-order valence-corrected chi connectivity index (χ2v) is 4.49. The lowest BCUT2D eigenvalue weighted by Crippen LogP contribution is -2.18. The first-order valence-corrected chi connectivity index (χ1v) is 5.59. The van der Waals surface area contributed by atoms with Crippen molar-refractivity contribution in [2.75, 3.05) is 6.54 Å². The van der Waals surface area contributed by atoms with Gasteiger partial charge in [0.05, 0.1) is 0 Å². The minimum Gasteiger partial charge on any atom is -0.330 e. The van der Waals surface area contributed by atoms with Gasteiger partial charge in [0.15, 0.2) is 0 Å². The van der Waals surface area contributed by atoms with E-state index < -0.39 is 0 Å². The van der Waals surface area contributed by atoms with E-state index in [1.807, 2.05) is 0 Å². The van der Waals surface area contributed by atoms with Crippen molar-refractivity contribution in [2.24, 2.45) is 5.73 Å². The molecule has 2 heteroatoms. The van der Waals surface area contributed by atoms with Crippen molar-refractivity contribution >= 4 is 15.9 Å². The lowest BCUT2D eigenvalue weighted by Gasteiger charge is -2.25. The molecule has 0 aliphatic heterocycles. The van der Waals surface area contributed by atoms with E-state index >= 15 is 0 Å². The van der Waals surface area contributed by atoms with Crippen LogP contribution in [0, 0.1) is 0 Å². The van der Waals surface area contributed by atoms with Crippen molar-refractivity contribution in [1.82, 2.24) is 0 Å². The van der Waals surface area contributed by atoms with Crippen LogP contribution >= 0.6 is 15.9 Å². The highest BCUT2D eigenvalue weighted by Crippen LogP contribution is 2.34. The molecule has 0 saturated carbocycles. The molecular formula is C11H14BrN. The molecule has 0 amide bonds. The van der Waals surface area contributed by atoms with Crippen LogP contribution in [0.1, 0.15) is 29.9 Å².